The summed E-state index contributed by atoms with van der Waals surface area (Å²) in [7, 11) is 0. The van der Waals surface area contributed by atoms with E-state index in [1.54, 1.807) is 0 Å². The highest BCUT2D eigenvalue weighted by molar-refractivity contribution is 5.99. The zero-order valence-corrected chi connectivity index (χ0v) is 17.1. The van der Waals surface area contributed by atoms with Crippen molar-refractivity contribution in [2.24, 2.45) is 0 Å². The van der Waals surface area contributed by atoms with E-state index in [0.29, 0.717) is 11.6 Å². The van der Waals surface area contributed by atoms with Gasteiger partial charge in [-0.05, 0) is 48.7 Å². The Bertz CT molecular complexity index is 1170. The maximum absolute atomic E-state index is 14.5. The van der Waals surface area contributed by atoms with Gasteiger partial charge in [-0.2, -0.15) is 26.3 Å². The fourth-order valence-electron chi connectivity index (χ4n) is 4.06. The smallest absolute Gasteiger partial charge is 0.426 e. The van der Waals surface area contributed by atoms with E-state index in [9.17, 15) is 45.4 Å². The Morgan fingerprint density at radius 1 is 1.06 bits per heavy atom. The van der Waals surface area contributed by atoms with Gasteiger partial charge in [-0.15, -0.1) is 0 Å². The van der Waals surface area contributed by atoms with Gasteiger partial charge < -0.3 is 15.2 Å². The molecule has 1 saturated carbocycles. The SMILES string of the molecule is O=C1OCc2cc(NC(=O)C(O)(CC3(c4ccc(C(F)(F)F)cc4F)CC3)C(F)(F)F)ccc21. The van der Waals surface area contributed by atoms with Crippen LogP contribution in [0.5, 0.6) is 0 Å². The van der Waals surface area contributed by atoms with E-state index in [-0.39, 0.29) is 36.8 Å². The maximum atomic E-state index is 14.5. The molecule has 0 spiro atoms. The van der Waals surface area contributed by atoms with Crippen molar-refractivity contribution in [2.45, 2.75) is 49.2 Å². The number of hydrogen-bond donors (Lipinski definition) is 2. The van der Waals surface area contributed by atoms with Crippen LogP contribution in [0.1, 0.15) is 46.3 Å². The number of esters is 1. The van der Waals surface area contributed by atoms with Crippen molar-refractivity contribution < 1.29 is 50.2 Å². The normalized spacial score (nSPS) is 18.6. The lowest BCUT2D eigenvalue weighted by molar-refractivity contribution is -0.253. The molecule has 5 nitrogen and oxygen atoms in total. The monoisotopic (exact) mass is 491 g/mol. The van der Waals surface area contributed by atoms with Crippen LogP contribution in [-0.2, 0) is 27.7 Å². The van der Waals surface area contributed by atoms with Gasteiger partial charge in [-0.3, -0.25) is 4.79 Å². The highest BCUT2D eigenvalue weighted by atomic mass is 19.4. The van der Waals surface area contributed by atoms with E-state index in [4.69, 9.17) is 4.74 Å². The summed E-state index contributed by atoms with van der Waals surface area (Å²) in [5, 5.41) is 12.5. The molecule has 1 aliphatic carbocycles. The van der Waals surface area contributed by atoms with Gasteiger partial charge in [0.2, 0.25) is 5.60 Å². The van der Waals surface area contributed by atoms with Crippen molar-refractivity contribution in [3.05, 3.63) is 64.5 Å². The average Bonchev–Trinajstić information content (AvgIpc) is 3.41. The Balaban J connectivity index is 1.62. The Hall–Kier alpha value is -3.15. The predicted molar refractivity (Wildman–Crippen MR) is 102 cm³/mol. The van der Waals surface area contributed by atoms with Crippen molar-refractivity contribution in [3.8, 4) is 0 Å². The van der Waals surface area contributed by atoms with E-state index in [2.05, 4.69) is 0 Å². The summed E-state index contributed by atoms with van der Waals surface area (Å²) in [4.78, 5) is 24.1. The number of fused-ring (bicyclic) bond motifs is 1. The highest BCUT2D eigenvalue weighted by Gasteiger charge is 2.65. The minimum atomic E-state index is -5.48. The fraction of sp³-hybridized carbons (Fsp3) is 0.364. The number of amides is 1. The molecular weight excluding hydrogens is 475 g/mol. The van der Waals surface area contributed by atoms with E-state index in [1.165, 1.54) is 12.1 Å². The fourth-order valence-corrected chi connectivity index (χ4v) is 4.06. The Morgan fingerprint density at radius 3 is 2.29 bits per heavy atom. The largest absolute Gasteiger partial charge is 0.457 e. The van der Waals surface area contributed by atoms with Crippen molar-refractivity contribution in [1.82, 2.24) is 0 Å². The molecule has 1 aliphatic heterocycles. The third kappa shape index (κ3) is 4.10. The van der Waals surface area contributed by atoms with Crippen molar-refractivity contribution in [3.63, 3.8) is 0 Å². The molecule has 1 heterocycles. The molecule has 2 aromatic carbocycles. The number of halogens is 7. The van der Waals surface area contributed by atoms with Gasteiger partial charge in [0.25, 0.3) is 5.91 Å². The van der Waals surface area contributed by atoms with Gasteiger partial charge in [0, 0.05) is 23.1 Å². The summed E-state index contributed by atoms with van der Waals surface area (Å²) in [5.74, 6) is -3.85. The molecule has 1 amide bonds. The molecule has 0 saturated heterocycles. The summed E-state index contributed by atoms with van der Waals surface area (Å²) in [6.07, 6.45) is -11.8. The zero-order chi connectivity index (χ0) is 25.1. The lowest BCUT2D eigenvalue weighted by atomic mass is 9.81. The van der Waals surface area contributed by atoms with Crippen molar-refractivity contribution in [1.29, 1.82) is 0 Å². The summed E-state index contributed by atoms with van der Waals surface area (Å²) >= 11 is 0. The number of ether oxygens (including phenoxy) is 1. The number of benzene rings is 2. The molecule has 2 aromatic rings. The van der Waals surface area contributed by atoms with Crippen LogP contribution in [0.2, 0.25) is 0 Å². The number of cyclic esters (lactones) is 1. The number of carbonyl (C=O) groups excluding carboxylic acids is 2. The number of carbonyl (C=O) groups is 2. The molecular formula is C22H16F7NO4. The first-order valence-electron chi connectivity index (χ1n) is 9.94. The number of rotatable bonds is 5. The van der Waals surface area contributed by atoms with Gasteiger partial charge >= 0.3 is 18.3 Å². The molecule has 34 heavy (non-hydrogen) atoms. The molecule has 1 atom stereocenters. The molecule has 2 aliphatic rings. The zero-order valence-electron chi connectivity index (χ0n) is 17.1. The molecule has 0 aromatic heterocycles. The van der Waals surface area contributed by atoms with Crippen LogP contribution in [0.25, 0.3) is 0 Å². The van der Waals surface area contributed by atoms with Crippen LogP contribution in [0.15, 0.2) is 36.4 Å². The molecule has 1 fully saturated rings. The van der Waals surface area contributed by atoms with E-state index in [0.717, 1.165) is 12.1 Å². The van der Waals surface area contributed by atoms with Crippen molar-refractivity contribution >= 4 is 17.6 Å². The minimum absolute atomic E-state index is 0.0702. The van der Waals surface area contributed by atoms with Crippen molar-refractivity contribution in [2.75, 3.05) is 5.32 Å². The summed E-state index contributed by atoms with van der Waals surface area (Å²) in [6, 6.07) is 5.07. The lowest BCUT2D eigenvalue weighted by Gasteiger charge is -2.33. The highest BCUT2D eigenvalue weighted by Crippen LogP contribution is 2.56. The summed E-state index contributed by atoms with van der Waals surface area (Å²) < 4.78 is 99.5. The number of hydrogen-bond acceptors (Lipinski definition) is 4. The average molecular weight is 491 g/mol. The van der Waals surface area contributed by atoms with Crippen LogP contribution in [0.3, 0.4) is 0 Å². The molecule has 0 radical (unpaired) electrons. The second kappa shape index (κ2) is 7.69. The van der Waals surface area contributed by atoms with E-state index >= 15 is 0 Å². The number of aliphatic hydroxyl groups is 1. The molecule has 12 heteroatoms. The Kier molecular flexibility index (Phi) is 5.42. The number of anilines is 1. The van der Waals surface area contributed by atoms with E-state index < -0.39 is 58.6 Å². The third-order valence-electron chi connectivity index (χ3n) is 6.10. The molecule has 1 unspecified atom stereocenters. The Morgan fingerprint density at radius 2 is 1.74 bits per heavy atom. The quantitative estimate of drug-likeness (QED) is 0.463. The third-order valence-corrected chi connectivity index (χ3v) is 6.10. The van der Waals surface area contributed by atoms with Crippen LogP contribution in [0.4, 0.5) is 36.4 Å². The first-order valence-corrected chi connectivity index (χ1v) is 9.94. The minimum Gasteiger partial charge on any atom is -0.457 e. The van der Waals surface area contributed by atoms with Crippen LogP contribution in [-0.4, -0.2) is 28.8 Å². The van der Waals surface area contributed by atoms with Gasteiger partial charge in [-0.1, -0.05) is 6.07 Å². The second-order valence-corrected chi connectivity index (χ2v) is 8.41. The standard InChI is InChI=1S/C22H16F7NO4/c23-16-8-12(21(24,25)26)1-4-15(16)19(5-6-19)10-20(33,22(27,28)29)18(32)30-13-2-3-14-11(7-13)9-34-17(14)31/h1-4,7-8,33H,5-6,9-10H2,(H,30,32). The van der Waals surface area contributed by atoms with E-state index in [1.807, 2.05) is 5.32 Å². The molecule has 0 bridgehead atoms. The Labute approximate surface area is 187 Å². The van der Waals surface area contributed by atoms with Gasteiger partial charge in [0.15, 0.2) is 0 Å². The molecule has 2 N–H and O–H groups in total. The first-order chi connectivity index (χ1) is 15.7. The number of alkyl halides is 6. The van der Waals surface area contributed by atoms with Gasteiger partial charge in [0.05, 0.1) is 11.1 Å². The predicted octanol–water partition coefficient (Wildman–Crippen LogP) is 4.87. The van der Waals surface area contributed by atoms with Gasteiger partial charge in [-0.25, -0.2) is 9.18 Å². The first kappa shape index (κ1) is 24.0. The van der Waals surface area contributed by atoms with Crippen LogP contribution in [0, 0.1) is 5.82 Å². The molecule has 182 valence electrons. The summed E-state index contributed by atoms with van der Waals surface area (Å²) in [5.41, 5.74) is -7.03. The van der Waals surface area contributed by atoms with Gasteiger partial charge in [0.1, 0.15) is 12.4 Å². The topological polar surface area (TPSA) is 75.6 Å². The number of nitrogens with one attached hydrogen (secondary N) is 1. The van der Waals surface area contributed by atoms with Crippen LogP contribution < -0.4 is 5.32 Å². The lowest BCUT2D eigenvalue weighted by Crippen LogP contribution is -2.56. The maximum Gasteiger partial charge on any atom is 0.426 e. The molecule has 4 rings (SSSR count). The second-order valence-electron chi connectivity index (χ2n) is 8.41. The van der Waals surface area contributed by atoms with Crippen LogP contribution >= 0.6 is 0 Å². The summed E-state index contributed by atoms with van der Waals surface area (Å²) in [6.45, 7) is -0.141.